The van der Waals surface area contributed by atoms with Gasteiger partial charge in [0.1, 0.15) is 5.58 Å². The largest absolute Gasteiger partial charge is 0.475 e. The first-order valence-electron chi connectivity index (χ1n) is 12.3. The molecule has 0 unspecified atom stereocenters. The predicted octanol–water partition coefficient (Wildman–Crippen LogP) is 6.47. The van der Waals surface area contributed by atoms with Gasteiger partial charge >= 0.3 is 5.97 Å². The first-order chi connectivity index (χ1) is 18.3. The van der Waals surface area contributed by atoms with Crippen molar-refractivity contribution in [3.63, 3.8) is 0 Å². The highest BCUT2D eigenvalue weighted by atomic mass is 32.2. The van der Waals surface area contributed by atoms with Crippen molar-refractivity contribution in [1.29, 1.82) is 0 Å². The Labute approximate surface area is 221 Å². The minimum absolute atomic E-state index is 0.0762. The van der Waals surface area contributed by atoms with Crippen LogP contribution in [0.3, 0.4) is 0 Å². The summed E-state index contributed by atoms with van der Waals surface area (Å²) in [5.41, 5.74) is 4.58. The van der Waals surface area contributed by atoms with Gasteiger partial charge in [0.15, 0.2) is 0 Å². The van der Waals surface area contributed by atoms with Crippen molar-refractivity contribution >= 4 is 32.6 Å². The fraction of sp³-hybridized carbons (Fsp3) is 0.129. The van der Waals surface area contributed by atoms with E-state index < -0.39 is 16.0 Å². The fourth-order valence-electron chi connectivity index (χ4n) is 4.57. The van der Waals surface area contributed by atoms with Crippen molar-refractivity contribution in [3.05, 3.63) is 131 Å². The second kappa shape index (κ2) is 10.6. The lowest BCUT2D eigenvalue weighted by Gasteiger charge is -2.25. The summed E-state index contributed by atoms with van der Waals surface area (Å²) in [5.74, 6) is -1.38. The number of furan rings is 1. The summed E-state index contributed by atoms with van der Waals surface area (Å²) in [4.78, 5) is 11.6. The Kier molecular flexibility index (Phi) is 7.03. The number of hydrogen-bond acceptors (Lipinski definition) is 4. The molecule has 0 fully saturated rings. The number of fused-ring (bicyclic) bond motifs is 1. The fourth-order valence-corrected chi connectivity index (χ4v) is 6.06. The lowest BCUT2D eigenvalue weighted by molar-refractivity contribution is 0.0664. The van der Waals surface area contributed by atoms with E-state index in [1.165, 1.54) is 28.1 Å². The van der Waals surface area contributed by atoms with Crippen LogP contribution in [-0.2, 0) is 22.9 Å². The first kappa shape index (κ1) is 25.3. The van der Waals surface area contributed by atoms with E-state index >= 15 is 0 Å². The first-order valence-corrected chi connectivity index (χ1v) is 13.7. The van der Waals surface area contributed by atoms with E-state index in [9.17, 15) is 18.3 Å². The zero-order valence-electron chi connectivity index (χ0n) is 20.9. The molecule has 192 valence electrons. The smallest absolute Gasteiger partial charge is 0.372 e. The molecule has 0 amide bonds. The lowest BCUT2D eigenvalue weighted by atomic mass is 10.0. The Morgan fingerprint density at radius 3 is 2.05 bits per heavy atom. The van der Waals surface area contributed by atoms with Crippen LogP contribution in [0.25, 0.3) is 11.0 Å². The second-order valence-corrected chi connectivity index (χ2v) is 11.0. The third-order valence-corrected chi connectivity index (χ3v) is 8.44. The SMILES string of the molecule is Cc1c(C(=O)O)oc2ccc(S(=O)(=O)N(CCc3ccccc3)c3ccc(Cc4ccccc4)cc3)cc12. The van der Waals surface area contributed by atoms with Crippen LogP contribution < -0.4 is 4.31 Å². The van der Waals surface area contributed by atoms with Gasteiger partial charge < -0.3 is 9.52 Å². The maximum absolute atomic E-state index is 14.0. The van der Waals surface area contributed by atoms with Crippen LogP contribution in [0, 0.1) is 6.92 Å². The molecule has 0 radical (unpaired) electrons. The number of benzene rings is 4. The maximum atomic E-state index is 14.0. The molecular weight excluding hydrogens is 498 g/mol. The molecule has 0 bridgehead atoms. The minimum Gasteiger partial charge on any atom is -0.475 e. The number of aryl methyl sites for hydroxylation is 1. The third kappa shape index (κ3) is 5.19. The number of carboxylic acids is 1. The molecule has 1 heterocycles. The third-order valence-electron chi connectivity index (χ3n) is 6.61. The van der Waals surface area contributed by atoms with Gasteiger partial charge in [0.25, 0.3) is 10.0 Å². The van der Waals surface area contributed by atoms with Crippen molar-refractivity contribution < 1.29 is 22.7 Å². The Hall–Kier alpha value is -4.36. The molecular formula is C31H27NO5S. The summed E-state index contributed by atoms with van der Waals surface area (Å²) in [6.07, 6.45) is 1.28. The summed E-state index contributed by atoms with van der Waals surface area (Å²) in [7, 11) is -3.97. The summed E-state index contributed by atoms with van der Waals surface area (Å²) in [5, 5.41) is 9.87. The Morgan fingerprint density at radius 2 is 1.42 bits per heavy atom. The van der Waals surface area contributed by atoms with Gasteiger partial charge in [-0.1, -0.05) is 72.8 Å². The van der Waals surface area contributed by atoms with Gasteiger partial charge in [0.05, 0.1) is 10.6 Å². The van der Waals surface area contributed by atoms with Gasteiger partial charge in [-0.15, -0.1) is 0 Å². The molecule has 38 heavy (non-hydrogen) atoms. The van der Waals surface area contributed by atoms with Gasteiger partial charge in [-0.2, -0.15) is 0 Å². The number of hydrogen-bond donors (Lipinski definition) is 1. The molecule has 6 nitrogen and oxygen atoms in total. The zero-order chi connectivity index (χ0) is 26.7. The molecule has 4 aromatic carbocycles. The van der Waals surface area contributed by atoms with E-state index in [-0.39, 0.29) is 17.2 Å². The van der Waals surface area contributed by atoms with Crippen molar-refractivity contribution in [2.45, 2.75) is 24.7 Å². The average Bonchev–Trinajstić information content (AvgIpc) is 3.27. The van der Waals surface area contributed by atoms with E-state index in [1.807, 2.05) is 72.8 Å². The van der Waals surface area contributed by atoms with Crippen molar-refractivity contribution in [2.75, 3.05) is 10.8 Å². The second-order valence-electron chi connectivity index (χ2n) is 9.16. The number of carbonyl (C=O) groups is 1. The van der Waals surface area contributed by atoms with Crippen LogP contribution in [0.4, 0.5) is 5.69 Å². The maximum Gasteiger partial charge on any atom is 0.372 e. The van der Waals surface area contributed by atoms with Gasteiger partial charge in [-0.25, -0.2) is 13.2 Å². The standard InChI is InChI=1S/C31H27NO5S/c1-22-28-21-27(16-17-29(28)37-30(22)31(33)34)38(35,36)32(19-18-23-8-4-2-5-9-23)26-14-12-25(13-15-26)20-24-10-6-3-7-11-24/h2-17,21H,18-20H2,1H3,(H,33,34). The van der Waals surface area contributed by atoms with Gasteiger partial charge in [0, 0.05) is 17.5 Å². The summed E-state index contributed by atoms with van der Waals surface area (Å²) in [6.45, 7) is 1.86. The number of anilines is 1. The summed E-state index contributed by atoms with van der Waals surface area (Å²) < 4.78 is 34.9. The molecule has 0 aliphatic carbocycles. The highest BCUT2D eigenvalue weighted by Gasteiger charge is 2.27. The Bertz CT molecular complexity index is 1680. The van der Waals surface area contributed by atoms with Crippen molar-refractivity contribution in [1.82, 2.24) is 0 Å². The molecule has 0 saturated heterocycles. The van der Waals surface area contributed by atoms with Gasteiger partial charge in [-0.05, 0) is 66.8 Å². The molecule has 0 aliphatic heterocycles. The molecule has 0 spiro atoms. The van der Waals surface area contributed by atoms with Crippen LogP contribution in [0.2, 0.25) is 0 Å². The monoisotopic (exact) mass is 525 g/mol. The quantitative estimate of drug-likeness (QED) is 0.238. The van der Waals surface area contributed by atoms with Crippen LogP contribution >= 0.6 is 0 Å². The van der Waals surface area contributed by atoms with Crippen LogP contribution in [0.1, 0.15) is 32.8 Å². The van der Waals surface area contributed by atoms with Gasteiger partial charge in [0.2, 0.25) is 5.76 Å². The molecule has 0 aliphatic rings. The molecule has 0 saturated carbocycles. The number of sulfonamides is 1. The van der Waals surface area contributed by atoms with E-state index in [0.29, 0.717) is 28.6 Å². The topological polar surface area (TPSA) is 87.8 Å². The van der Waals surface area contributed by atoms with E-state index in [4.69, 9.17) is 4.42 Å². The Balaban J connectivity index is 1.51. The Morgan fingerprint density at radius 1 is 0.816 bits per heavy atom. The average molecular weight is 526 g/mol. The molecule has 1 aromatic heterocycles. The molecule has 7 heteroatoms. The molecule has 5 rings (SSSR count). The van der Waals surface area contributed by atoms with Crippen molar-refractivity contribution in [2.24, 2.45) is 0 Å². The van der Waals surface area contributed by atoms with Crippen LogP contribution in [-0.4, -0.2) is 26.0 Å². The molecule has 0 atom stereocenters. The zero-order valence-corrected chi connectivity index (χ0v) is 21.7. The normalized spacial score (nSPS) is 11.5. The lowest BCUT2D eigenvalue weighted by Crippen LogP contribution is -2.33. The summed E-state index contributed by atoms with van der Waals surface area (Å²) in [6, 6.07) is 31.9. The molecule has 1 N–H and O–H groups in total. The van der Waals surface area contributed by atoms with Crippen LogP contribution in [0.5, 0.6) is 0 Å². The predicted molar refractivity (Wildman–Crippen MR) is 148 cm³/mol. The number of rotatable bonds is 9. The number of aromatic carboxylic acids is 1. The van der Waals surface area contributed by atoms with E-state index in [2.05, 4.69) is 12.1 Å². The highest BCUT2D eigenvalue weighted by molar-refractivity contribution is 7.92. The minimum atomic E-state index is -3.97. The highest BCUT2D eigenvalue weighted by Crippen LogP contribution is 2.31. The summed E-state index contributed by atoms with van der Waals surface area (Å²) >= 11 is 0. The number of nitrogens with zero attached hydrogens (tertiary/aromatic N) is 1. The van der Waals surface area contributed by atoms with Gasteiger partial charge in [-0.3, -0.25) is 4.31 Å². The van der Waals surface area contributed by atoms with E-state index in [0.717, 1.165) is 17.5 Å². The van der Waals surface area contributed by atoms with E-state index in [1.54, 1.807) is 6.92 Å². The van der Waals surface area contributed by atoms with Crippen LogP contribution in [0.15, 0.2) is 112 Å². The molecule has 5 aromatic rings. The van der Waals surface area contributed by atoms with Crippen molar-refractivity contribution in [3.8, 4) is 0 Å². The number of carboxylic acid groups (broad SMARTS) is 1.